The van der Waals surface area contributed by atoms with E-state index in [0.717, 1.165) is 25.0 Å². The zero-order valence-electron chi connectivity index (χ0n) is 9.12. The van der Waals surface area contributed by atoms with E-state index in [1.54, 1.807) is 6.26 Å². The van der Waals surface area contributed by atoms with Crippen LogP contribution in [0.25, 0.3) is 0 Å². The maximum atomic E-state index is 5.46. The molecule has 2 unspecified atom stereocenters. The summed E-state index contributed by atoms with van der Waals surface area (Å²) >= 11 is 0. The molecule has 1 aliphatic carbocycles. The van der Waals surface area contributed by atoms with Crippen LogP contribution in [0.3, 0.4) is 0 Å². The van der Waals surface area contributed by atoms with Crippen molar-refractivity contribution < 1.29 is 4.42 Å². The Kier molecular flexibility index (Phi) is 3.13. The zero-order chi connectivity index (χ0) is 10.7. The molecule has 15 heavy (non-hydrogen) atoms. The topological polar surface area (TPSA) is 25.2 Å². The summed E-state index contributed by atoms with van der Waals surface area (Å²) in [6.07, 6.45) is 11.6. The molecule has 0 saturated carbocycles. The lowest BCUT2D eigenvalue weighted by Gasteiger charge is -2.25. The van der Waals surface area contributed by atoms with Crippen LogP contribution in [0.4, 0.5) is 0 Å². The fraction of sp³-hybridized carbons (Fsp3) is 0.538. The quantitative estimate of drug-likeness (QED) is 0.764. The van der Waals surface area contributed by atoms with Crippen LogP contribution >= 0.6 is 0 Å². The Bertz CT molecular complexity index is 361. The third-order valence-corrected chi connectivity index (χ3v) is 3.06. The molecule has 0 bridgehead atoms. The Morgan fingerprint density at radius 1 is 1.73 bits per heavy atom. The van der Waals surface area contributed by atoms with Gasteiger partial charge in [0.25, 0.3) is 0 Å². The molecule has 0 amide bonds. The van der Waals surface area contributed by atoms with E-state index in [0.29, 0.717) is 6.04 Å². The fourth-order valence-electron chi connectivity index (χ4n) is 2.19. The monoisotopic (exact) mass is 203 g/mol. The minimum atomic E-state index is 0.177. The molecule has 0 radical (unpaired) electrons. The van der Waals surface area contributed by atoms with E-state index in [2.05, 4.69) is 24.2 Å². The largest absolute Gasteiger partial charge is 0.469 e. The first-order valence-corrected chi connectivity index (χ1v) is 5.63. The van der Waals surface area contributed by atoms with Gasteiger partial charge in [0, 0.05) is 18.0 Å². The lowest BCUT2D eigenvalue weighted by molar-refractivity contribution is 0.394. The van der Waals surface area contributed by atoms with Crippen molar-refractivity contribution in [2.45, 2.75) is 44.7 Å². The third-order valence-electron chi connectivity index (χ3n) is 3.06. The lowest BCUT2D eigenvalue weighted by atomic mass is 9.92. The van der Waals surface area contributed by atoms with E-state index in [1.165, 1.54) is 12.0 Å². The highest BCUT2D eigenvalue weighted by Crippen LogP contribution is 2.30. The lowest BCUT2D eigenvalue weighted by Crippen LogP contribution is -2.32. The van der Waals surface area contributed by atoms with Crippen molar-refractivity contribution in [1.82, 2.24) is 5.32 Å². The van der Waals surface area contributed by atoms with E-state index in [-0.39, 0.29) is 6.04 Å². The van der Waals surface area contributed by atoms with Crippen LogP contribution in [0.5, 0.6) is 0 Å². The van der Waals surface area contributed by atoms with Gasteiger partial charge in [-0.15, -0.1) is 6.42 Å². The maximum Gasteiger partial charge on any atom is 0.108 e. The van der Waals surface area contributed by atoms with E-state index in [9.17, 15) is 0 Å². The van der Waals surface area contributed by atoms with Gasteiger partial charge < -0.3 is 4.42 Å². The van der Waals surface area contributed by atoms with Crippen LogP contribution < -0.4 is 5.32 Å². The zero-order valence-corrected chi connectivity index (χ0v) is 9.12. The molecule has 1 aliphatic rings. The molecule has 2 nitrogen and oxygen atoms in total. The van der Waals surface area contributed by atoms with Crippen LogP contribution in [0.15, 0.2) is 16.7 Å². The Hall–Kier alpha value is -1.20. The van der Waals surface area contributed by atoms with Gasteiger partial charge in [-0.3, -0.25) is 5.32 Å². The molecule has 80 valence electrons. The summed E-state index contributed by atoms with van der Waals surface area (Å²) in [5.74, 6) is 3.91. The van der Waals surface area contributed by atoms with E-state index in [1.807, 2.05) is 0 Å². The van der Waals surface area contributed by atoms with Gasteiger partial charge in [0.15, 0.2) is 0 Å². The standard InChI is InChI=1S/C13H17NO/c1-3-10(4-2)14-12-6-5-7-13-11(12)8-9-15-13/h1,8-10,12,14H,4-7H2,2H3. The van der Waals surface area contributed by atoms with Crippen LogP contribution in [-0.2, 0) is 6.42 Å². The molecule has 0 fully saturated rings. The molecule has 0 aliphatic heterocycles. The minimum Gasteiger partial charge on any atom is -0.469 e. The van der Waals surface area contributed by atoms with Crippen LogP contribution in [0.1, 0.15) is 43.6 Å². The van der Waals surface area contributed by atoms with Gasteiger partial charge in [-0.1, -0.05) is 12.8 Å². The Balaban J connectivity index is 2.10. The van der Waals surface area contributed by atoms with Crippen molar-refractivity contribution in [3.8, 4) is 12.3 Å². The van der Waals surface area contributed by atoms with Gasteiger partial charge in [-0.05, 0) is 25.3 Å². The smallest absolute Gasteiger partial charge is 0.108 e. The highest BCUT2D eigenvalue weighted by atomic mass is 16.3. The minimum absolute atomic E-state index is 0.177. The number of furan rings is 1. The van der Waals surface area contributed by atoms with Crippen molar-refractivity contribution in [3.63, 3.8) is 0 Å². The molecule has 2 atom stereocenters. The highest BCUT2D eigenvalue weighted by molar-refractivity contribution is 5.24. The molecular weight excluding hydrogens is 186 g/mol. The molecule has 2 rings (SSSR count). The van der Waals surface area contributed by atoms with Crippen molar-refractivity contribution in [2.24, 2.45) is 0 Å². The SMILES string of the molecule is C#CC(CC)NC1CCCc2occc21. The molecule has 0 aromatic carbocycles. The van der Waals surface area contributed by atoms with Crippen molar-refractivity contribution in [3.05, 3.63) is 23.7 Å². The number of aryl methyl sites for hydroxylation is 1. The summed E-state index contributed by atoms with van der Waals surface area (Å²) in [4.78, 5) is 0. The second-order valence-electron chi connectivity index (χ2n) is 4.04. The molecular formula is C13H17NO. The average Bonchev–Trinajstić information content (AvgIpc) is 2.74. The Morgan fingerprint density at radius 2 is 2.60 bits per heavy atom. The number of nitrogens with one attached hydrogen (secondary N) is 1. The van der Waals surface area contributed by atoms with Crippen molar-refractivity contribution in [1.29, 1.82) is 0 Å². The maximum absolute atomic E-state index is 5.46. The average molecular weight is 203 g/mol. The van der Waals surface area contributed by atoms with E-state index in [4.69, 9.17) is 10.8 Å². The normalized spacial score (nSPS) is 21.7. The molecule has 1 aromatic rings. The first-order valence-electron chi connectivity index (χ1n) is 5.63. The van der Waals surface area contributed by atoms with Gasteiger partial charge in [0.05, 0.1) is 12.3 Å². The van der Waals surface area contributed by atoms with Gasteiger partial charge >= 0.3 is 0 Å². The van der Waals surface area contributed by atoms with Crippen molar-refractivity contribution in [2.75, 3.05) is 0 Å². The summed E-state index contributed by atoms with van der Waals surface area (Å²) in [5.41, 5.74) is 1.30. The molecule has 1 heterocycles. The summed E-state index contributed by atoms with van der Waals surface area (Å²) < 4.78 is 5.44. The summed E-state index contributed by atoms with van der Waals surface area (Å²) in [6.45, 7) is 2.11. The van der Waals surface area contributed by atoms with Crippen LogP contribution in [0.2, 0.25) is 0 Å². The molecule has 2 heteroatoms. The fourth-order valence-corrected chi connectivity index (χ4v) is 2.19. The van der Waals surface area contributed by atoms with Crippen LogP contribution in [-0.4, -0.2) is 6.04 Å². The van der Waals surface area contributed by atoms with Gasteiger partial charge in [-0.2, -0.15) is 0 Å². The second-order valence-corrected chi connectivity index (χ2v) is 4.04. The first-order chi connectivity index (χ1) is 7.35. The Morgan fingerprint density at radius 3 is 3.33 bits per heavy atom. The predicted molar refractivity (Wildman–Crippen MR) is 60.4 cm³/mol. The second kappa shape index (κ2) is 4.55. The van der Waals surface area contributed by atoms with Crippen LogP contribution in [0, 0.1) is 12.3 Å². The highest BCUT2D eigenvalue weighted by Gasteiger charge is 2.23. The number of hydrogen-bond donors (Lipinski definition) is 1. The van der Waals surface area contributed by atoms with E-state index >= 15 is 0 Å². The molecule has 1 N–H and O–H groups in total. The number of terminal acetylenes is 1. The van der Waals surface area contributed by atoms with E-state index < -0.39 is 0 Å². The summed E-state index contributed by atoms with van der Waals surface area (Å²) in [7, 11) is 0. The number of hydrogen-bond acceptors (Lipinski definition) is 2. The number of rotatable bonds is 3. The molecule has 1 aromatic heterocycles. The van der Waals surface area contributed by atoms with Crippen molar-refractivity contribution >= 4 is 0 Å². The molecule has 0 saturated heterocycles. The predicted octanol–water partition coefficient (Wildman–Crippen LogP) is 2.66. The molecule has 0 spiro atoms. The van der Waals surface area contributed by atoms with Gasteiger partial charge in [0.1, 0.15) is 5.76 Å². The number of fused-ring (bicyclic) bond motifs is 1. The first kappa shape index (κ1) is 10.3. The van der Waals surface area contributed by atoms with Gasteiger partial charge in [0.2, 0.25) is 0 Å². The summed E-state index contributed by atoms with van der Waals surface area (Å²) in [6, 6.07) is 2.62. The Labute approximate surface area is 91.1 Å². The van der Waals surface area contributed by atoms with Gasteiger partial charge in [-0.25, -0.2) is 0 Å². The third kappa shape index (κ3) is 2.08. The summed E-state index contributed by atoms with van der Waals surface area (Å²) in [5, 5.41) is 3.50.